The maximum atomic E-state index is 13.3. The first-order chi connectivity index (χ1) is 22.1. The quantitative estimate of drug-likeness (QED) is 0.137. The Hall–Kier alpha value is -4.14. The number of aliphatic hydroxyl groups excluding tert-OH is 1. The van der Waals surface area contributed by atoms with Crippen LogP contribution in [0.4, 0.5) is 0 Å². The van der Waals surface area contributed by atoms with Crippen molar-refractivity contribution in [3.8, 4) is 11.5 Å². The lowest BCUT2D eigenvalue weighted by Crippen LogP contribution is -2.48. The fourth-order valence-electron chi connectivity index (χ4n) is 5.71. The smallest absolute Gasteiger partial charge is 0.311 e. The van der Waals surface area contributed by atoms with Crippen LogP contribution in [0.25, 0.3) is 0 Å². The highest BCUT2D eigenvalue weighted by atomic mass is 16.6. The summed E-state index contributed by atoms with van der Waals surface area (Å²) in [4.78, 5) is 26.4. The van der Waals surface area contributed by atoms with Gasteiger partial charge in [0.05, 0.1) is 43.2 Å². The van der Waals surface area contributed by atoms with Gasteiger partial charge in [-0.15, -0.1) is 0 Å². The molecule has 3 atom stereocenters. The first-order valence-electron chi connectivity index (χ1n) is 15.8. The fourth-order valence-corrected chi connectivity index (χ4v) is 5.71. The highest BCUT2D eigenvalue weighted by Gasteiger charge is 2.56. The molecule has 1 aliphatic rings. The maximum absolute atomic E-state index is 13.3. The SMILES string of the molecule is C=C1[C@@H](O)C[C@H](OC(=O)C(C)(C)C)[C@]1(COC(=O)C(C)(C)C)COC(c1ccccc1)(c1ccc(OC)cc1)c1ccc(OC)cc1. The van der Waals surface area contributed by atoms with Crippen molar-refractivity contribution in [1.82, 2.24) is 0 Å². The number of carbonyl (C=O) groups excluding carboxylic acids is 2. The van der Waals surface area contributed by atoms with E-state index >= 15 is 0 Å². The second kappa shape index (κ2) is 13.9. The molecule has 1 fully saturated rings. The average molecular weight is 645 g/mol. The Morgan fingerprint density at radius 1 is 0.745 bits per heavy atom. The van der Waals surface area contributed by atoms with Crippen LogP contribution >= 0.6 is 0 Å². The standard InChI is InChI=1S/C39H48O8/c1-26-32(40)23-33(47-35(42)37(5,6)7)38(26,24-45-34(41)36(2,3)4)25-46-39(27-13-11-10-12-14-27,28-15-19-30(43-8)20-16-28)29-17-21-31(44-9)22-18-29/h10-22,32-33,40H,1,23-25H2,2-9H3/t32-,33-,38+/m0/s1. The molecule has 0 unspecified atom stereocenters. The molecule has 47 heavy (non-hydrogen) atoms. The first kappa shape index (κ1) is 35.7. The van der Waals surface area contributed by atoms with Gasteiger partial charge >= 0.3 is 11.9 Å². The molecular formula is C39H48O8. The molecule has 8 heteroatoms. The number of hydrogen-bond acceptors (Lipinski definition) is 8. The van der Waals surface area contributed by atoms with Gasteiger partial charge in [-0.05, 0) is 88.1 Å². The number of esters is 2. The second-order valence-electron chi connectivity index (χ2n) is 14.2. The van der Waals surface area contributed by atoms with Crippen LogP contribution in [0.5, 0.6) is 11.5 Å². The third-order valence-corrected chi connectivity index (χ3v) is 8.75. The molecular weight excluding hydrogens is 596 g/mol. The zero-order chi connectivity index (χ0) is 34.6. The summed E-state index contributed by atoms with van der Waals surface area (Å²) in [5, 5.41) is 11.2. The van der Waals surface area contributed by atoms with E-state index in [0.717, 1.165) is 16.7 Å². The van der Waals surface area contributed by atoms with E-state index in [1.54, 1.807) is 55.8 Å². The molecule has 8 nitrogen and oxygen atoms in total. The lowest BCUT2D eigenvalue weighted by molar-refractivity contribution is -0.175. The highest BCUT2D eigenvalue weighted by molar-refractivity contribution is 5.76. The zero-order valence-corrected chi connectivity index (χ0v) is 28.8. The summed E-state index contributed by atoms with van der Waals surface area (Å²) >= 11 is 0. The van der Waals surface area contributed by atoms with E-state index in [1.165, 1.54) is 0 Å². The van der Waals surface area contributed by atoms with E-state index in [0.29, 0.717) is 17.1 Å². The number of aliphatic hydroxyl groups is 1. The van der Waals surface area contributed by atoms with Crippen molar-refractivity contribution in [3.63, 3.8) is 0 Å². The predicted molar refractivity (Wildman–Crippen MR) is 180 cm³/mol. The number of carbonyl (C=O) groups is 2. The van der Waals surface area contributed by atoms with Gasteiger partial charge in [0.2, 0.25) is 0 Å². The van der Waals surface area contributed by atoms with Crippen molar-refractivity contribution in [2.75, 3.05) is 27.4 Å². The molecule has 0 bridgehead atoms. The Labute approximate surface area is 278 Å². The summed E-state index contributed by atoms with van der Waals surface area (Å²) < 4.78 is 30.2. The first-order valence-corrected chi connectivity index (χ1v) is 15.8. The van der Waals surface area contributed by atoms with Crippen molar-refractivity contribution in [2.24, 2.45) is 16.2 Å². The van der Waals surface area contributed by atoms with E-state index in [1.807, 2.05) is 78.9 Å². The monoisotopic (exact) mass is 644 g/mol. The second-order valence-corrected chi connectivity index (χ2v) is 14.2. The van der Waals surface area contributed by atoms with Gasteiger partial charge in [-0.25, -0.2) is 0 Å². The van der Waals surface area contributed by atoms with Crippen molar-refractivity contribution >= 4 is 11.9 Å². The molecule has 1 saturated carbocycles. The van der Waals surface area contributed by atoms with Gasteiger partial charge in [0.1, 0.15) is 29.8 Å². The summed E-state index contributed by atoms with van der Waals surface area (Å²) in [6.45, 7) is 14.5. The highest BCUT2D eigenvalue weighted by Crippen LogP contribution is 2.49. The van der Waals surface area contributed by atoms with Crippen LogP contribution in [0.1, 0.15) is 64.7 Å². The number of methoxy groups -OCH3 is 2. The predicted octanol–water partition coefficient (Wildman–Crippen LogP) is 6.87. The molecule has 3 aromatic rings. The zero-order valence-electron chi connectivity index (χ0n) is 28.8. The molecule has 0 aromatic heterocycles. The van der Waals surface area contributed by atoms with Gasteiger partial charge in [0.25, 0.3) is 0 Å². The lowest BCUT2D eigenvalue weighted by atomic mass is 9.78. The van der Waals surface area contributed by atoms with E-state index in [-0.39, 0.29) is 19.6 Å². The van der Waals surface area contributed by atoms with Crippen LogP contribution in [0.15, 0.2) is 91.0 Å². The van der Waals surface area contributed by atoms with Crippen molar-refractivity contribution in [3.05, 3.63) is 108 Å². The maximum Gasteiger partial charge on any atom is 0.311 e. The Morgan fingerprint density at radius 3 is 1.66 bits per heavy atom. The Morgan fingerprint density at radius 2 is 1.21 bits per heavy atom. The summed E-state index contributed by atoms with van der Waals surface area (Å²) in [5.74, 6) is 0.469. The summed E-state index contributed by atoms with van der Waals surface area (Å²) in [6.07, 6.45) is -1.82. The molecule has 0 spiro atoms. The molecule has 4 rings (SSSR count). The molecule has 0 heterocycles. The van der Waals surface area contributed by atoms with Crippen molar-refractivity contribution < 1.29 is 38.4 Å². The Kier molecular flexibility index (Phi) is 10.6. The van der Waals surface area contributed by atoms with Gasteiger partial charge in [0.15, 0.2) is 0 Å². The molecule has 0 amide bonds. The van der Waals surface area contributed by atoms with Crippen LogP contribution in [-0.2, 0) is 29.4 Å². The molecule has 0 radical (unpaired) electrons. The Balaban J connectivity index is 1.92. The van der Waals surface area contributed by atoms with Crippen LogP contribution < -0.4 is 9.47 Å². The molecule has 1 aliphatic carbocycles. The number of benzene rings is 3. The summed E-state index contributed by atoms with van der Waals surface area (Å²) in [5.41, 5.74) is -1.32. The Bertz CT molecular complexity index is 1480. The minimum Gasteiger partial charge on any atom is -0.497 e. The number of rotatable bonds is 11. The van der Waals surface area contributed by atoms with Crippen molar-refractivity contribution in [1.29, 1.82) is 0 Å². The lowest BCUT2D eigenvalue weighted by Gasteiger charge is -2.42. The van der Waals surface area contributed by atoms with E-state index in [9.17, 15) is 14.7 Å². The minimum absolute atomic E-state index is 0.0838. The van der Waals surface area contributed by atoms with Gasteiger partial charge in [-0.2, -0.15) is 0 Å². The molecule has 0 aliphatic heterocycles. The molecule has 1 N–H and O–H groups in total. The molecule has 3 aromatic carbocycles. The van der Waals surface area contributed by atoms with Crippen molar-refractivity contribution in [2.45, 2.75) is 65.8 Å². The fraction of sp³-hybridized carbons (Fsp3) is 0.436. The van der Waals surface area contributed by atoms with Crippen LogP contribution in [0, 0.1) is 16.2 Å². The summed E-state index contributed by atoms with van der Waals surface area (Å²) in [6, 6.07) is 25.0. The third kappa shape index (κ3) is 7.39. The van der Waals surface area contributed by atoms with Gasteiger partial charge in [0, 0.05) is 6.42 Å². The van der Waals surface area contributed by atoms with E-state index in [4.69, 9.17) is 23.7 Å². The van der Waals surface area contributed by atoms with Crippen LogP contribution in [0.3, 0.4) is 0 Å². The van der Waals surface area contributed by atoms with Gasteiger partial charge in [-0.1, -0.05) is 61.2 Å². The molecule has 252 valence electrons. The normalized spacial score (nSPS) is 20.1. The summed E-state index contributed by atoms with van der Waals surface area (Å²) in [7, 11) is 3.22. The van der Waals surface area contributed by atoms with E-state index in [2.05, 4.69) is 6.58 Å². The van der Waals surface area contributed by atoms with Crippen LogP contribution in [-0.4, -0.2) is 56.7 Å². The minimum atomic E-state index is -1.28. The number of ether oxygens (including phenoxy) is 5. The van der Waals surface area contributed by atoms with Gasteiger partial charge in [-0.3, -0.25) is 9.59 Å². The number of hydrogen-bond donors (Lipinski definition) is 1. The average Bonchev–Trinajstić information content (AvgIpc) is 3.28. The molecule has 0 saturated heterocycles. The third-order valence-electron chi connectivity index (χ3n) is 8.75. The van der Waals surface area contributed by atoms with E-state index < -0.39 is 46.0 Å². The van der Waals surface area contributed by atoms with Crippen LogP contribution in [0.2, 0.25) is 0 Å². The largest absolute Gasteiger partial charge is 0.497 e. The topological polar surface area (TPSA) is 101 Å². The van der Waals surface area contributed by atoms with Gasteiger partial charge < -0.3 is 28.8 Å².